The largest absolute Gasteiger partial charge is 0.468 e. The lowest BCUT2D eigenvalue weighted by Gasteiger charge is -2.41. The number of hydrogen-bond donors (Lipinski definition) is 0. The van der Waals surface area contributed by atoms with E-state index in [1.807, 2.05) is 37.3 Å². The lowest BCUT2D eigenvalue weighted by Crippen LogP contribution is -2.46. The second-order valence-electron chi connectivity index (χ2n) is 6.84. The van der Waals surface area contributed by atoms with Crippen molar-refractivity contribution >= 4 is 11.8 Å². The van der Waals surface area contributed by atoms with Gasteiger partial charge >= 0.3 is 5.97 Å². The first-order valence-electron chi connectivity index (χ1n) is 9.10. The number of Topliss-reactive ketones (excluding diaryl/α,β-unsaturated/α-hetero) is 1. The number of ether oxygens (including phenoxy) is 1. The van der Waals surface area contributed by atoms with E-state index in [1.54, 1.807) is 12.3 Å². The van der Waals surface area contributed by atoms with Gasteiger partial charge in [-0.1, -0.05) is 19.1 Å². The second kappa shape index (κ2) is 7.87. The lowest BCUT2D eigenvalue weighted by atomic mass is 9.69. The van der Waals surface area contributed by atoms with Gasteiger partial charge in [0.15, 0.2) is 0 Å². The van der Waals surface area contributed by atoms with E-state index >= 15 is 0 Å². The van der Waals surface area contributed by atoms with Crippen LogP contribution in [0.2, 0.25) is 0 Å². The molecule has 1 aromatic carbocycles. The Hall–Kier alpha value is -2.40. The van der Waals surface area contributed by atoms with Gasteiger partial charge in [0, 0.05) is 13.3 Å². The molecule has 2 aromatic rings. The average molecular weight is 355 g/mol. The summed E-state index contributed by atoms with van der Waals surface area (Å²) < 4.78 is 10.7. The quantitative estimate of drug-likeness (QED) is 0.584. The van der Waals surface area contributed by atoms with E-state index in [-0.39, 0.29) is 11.8 Å². The topological polar surface area (TPSA) is 59.8 Å². The summed E-state index contributed by atoms with van der Waals surface area (Å²) in [6.45, 7) is 5.70. The van der Waals surface area contributed by atoms with Crippen molar-refractivity contribution in [3.05, 3.63) is 54.0 Å². The van der Waals surface area contributed by atoms with E-state index in [0.717, 1.165) is 43.8 Å². The van der Waals surface area contributed by atoms with Gasteiger partial charge in [-0.05, 0) is 55.8 Å². The Morgan fingerprint density at radius 3 is 2.58 bits per heavy atom. The van der Waals surface area contributed by atoms with Crippen molar-refractivity contribution in [3.8, 4) is 5.75 Å². The Bertz CT molecular complexity index is 758. The molecule has 1 fully saturated rings. The van der Waals surface area contributed by atoms with Gasteiger partial charge in [0.2, 0.25) is 0 Å². The van der Waals surface area contributed by atoms with Gasteiger partial charge in [0.05, 0.1) is 18.2 Å². The zero-order valence-electron chi connectivity index (χ0n) is 15.4. The molecule has 2 heterocycles. The maximum Gasteiger partial charge on any atom is 0.308 e. The van der Waals surface area contributed by atoms with E-state index < -0.39 is 5.41 Å². The molecule has 0 spiro atoms. The molecule has 3 rings (SSSR count). The second-order valence-corrected chi connectivity index (χ2v) is 6.84. The minimum Gasteiger partial charge on any atom is -0.468 e. The van der Waals surface area contributed by atoms with Crippen molar-refractivity contribution in [1.29, 1.82) is 0 Å². The predicted octanol–water partition coefficient (Wildman–Crippen LogP) is 3.72. The zero-order valence-corrected chi connectivity index (χ0v) is 15.4. The van der Waals surface area contributed by atoms with Crippen LogP contribution in [0.3, 0.4) is 0 Å². The number of carbonyl (C=O) groups is 2. The monoisotopic (exact) mass is 355 g/mol. The van der Waals surface area contributed by atoms with Crippen LogP contribution in [0.4, 0.5) is 0 Å². The summed E-state index contributed by atoms with van der Waals surface area (Å²) in [5.74, 6) is 1.33. The lowest BCUT2D eigenvalue weighted by molar-refractivity contribution is -0.131. The first kappa shape index (κ1) is 18.4. The number of hydrogen-bond acceptors (Lipinski definition) is 5. The maximum absolute atomic E-state index is 12.9. The van der Waals surface area contributed by atoms with Crippen LogP contribution < -0.4 is 4.74 Å². The fourth-order valence-electron chi connectivity index (χ4n) is 3.81. The molecule has 0 aliphatic carbocycles. The van der Waals surface area contributed by atoms with Gasteiger partial charge < -0.3 is 9.15 Å². The highest BCUT2D eigenvalue weighted by molar-refractivity contribution is 5.90. The number of carbonyl (C=O) groups excluding carboxylic acids is 2. The van der Waals surface area contributed by atoms with Gasteiger partial charge in [0.1, 0.15) is 17.3 Å². The molecular weight excluding hydrogens is 330 g/mol. The average Bonchev–Trinajstić information content (AvgIpc) is 3.14. The van der Waals surface area contributed by atoms with E-state index in [1.165, 1.54) is 6.92 Å². The Labute approximate surface area is 153 Å². The van der Waals surface area contributed by atoms with Crippen molar-refractivity contribution in [2.75, 3.05) is 13.1 Å². The smallest absolute Gasteiger partial charge is 0.308 e. The molecule has 0 N–H and O–H groups in total. The Morgan fingerprint density at radius 1 is 1.19 bits per heavy atom. The van der Waals surface area contributed by atoms with Crippen LogP contribution >= 0.6 is 0 Å². The summed E-state index contributed by atoms with van der Waals surface area (Å²) in [5, 5.41) is 0. The molecule has 1 aliphatic heterocycles. The highest BCUT2D eigenvalue weighted by Gasteiger charge is 2.41. The number of likely N-dealkylation sites (tertiary alicyclic amines) is 1. The van der Waals surface area contributed by atoms with E-state index in [4.69, 9.17) is 9.15 Å². The molecule has 1 aliphatic rings. The molecule has 26 heavy (non-hydrogen) atoms. The van der Waals surface area contributed by atoms with Crippen LogP contribution in [0.5, 0.6) is 5.75 Å². The van der Waals surface area contributed by atoms with Crippen LogP contribution in [0, 0.1) is 0 Å². The van der Waals surface area contributed by atoms with Crippen LogP contribution in [-0.2, 0) is 21.5 Å². The number of esters is 1. The van der Waals surface area contributed by atoms with Crippen LogP contribution in [-0.4, -0.2) is 29.7 Å². The van der Waals surface area contributed by atoms with E-state index in [9.17, 15) is 9.59 Å². The van der Waals surface area contributed by atoms with Gasteiger partial charge in [-0.3, -0.25) is 14.5 Å². The summed E-state index contributed by atoms with van der Waals surface area (Å²) in [6.07, 6.45) is 3.69. The first-order valence-corrected chi connectivity index (χ1v) is 9.10. The van der Waals surface area contributed by atoms with Crippen molar-refractivity contribution in [2.45, 2.75) is 45.1 Å². The van der Waals surface area contributed by atoms with Crippen molar-refractivity contribution in [1.82, 2.24) is 4.90 Å². The molecule has 0 unspecified atom stereocenters. The minimum atomic E-state index is -0.509. The minimum absolute atomic E-state index is 0.245. The van der Waals surface area contributed by atoms with Gasteiger partial charge in [-0.25, -0.2) is 0 Å². The van der Waals surface area contributed by atoms with Crippen LogP contribution in [0.1, 0.15) is 44.4 Å². The third-order valence-electron chi connectivity index (χ3n) is 5.17. The van der Waals surface area contributed by atoms with E-state index in [0.29, 0.717) is 12.2 Å². The molecule has 0 radical (unpaired) electrons. The number of ketones is 1. The van der Waals surface area contributed by atoms with Crippen molar-refractivity contribution < 1.29 is 18.7 Å². The van der Waals surface area contributed by atoms with Crippen molar-refractivity contribution in [3.63, 3.8) is 0 Å². The van der Waals surface area contributed by atoms with Crippen molar-refractivity contribution in [2.24, 2.45) is 0 Å². The predicted molar refractivity (Wildman–Crippen MR) is 97.9 cm³/mol. The van der Waals surface area contributed by atoms with Gasteiger partial charge in [-0.15, -0.1) is 0 Å². The normalized spacial score (nSPS) is 17.0. The van der Waals surface area contributed by atoms with Gasteiger partial charge in [-0.2, -0.15) is 0 Å². The number of rotatable bonds is 6. The SMILES string of the molecule is CCC(=O)C1(c2cccc(OC(C)=O)c2)CCN(Cc2ccco2)CC1. The number of piperidine rings is 1. The standard InChI is InChI=1S/C21H25NO4/c1-3-20(24)21(17-6-4-7-18(14-17)26-16(2)23)9-11-22(12-10-21)15-19-8-5-13-25-19/h4-8,13-14H,3,9-12,15H2,1-2H3. The molecule has 1 saturated heterocycles. The highest BCUT2D eigenvalue weighted by Crippen LogP contribution is 2.39. The Morgan fingerprint density at radius 2 is 1.96 bits per heavy atom. The van der Waals surface area contributed by atoms with Crippen LogP contribution in [0.15, 0.2) is 47.1 Å². The summed E-state index contributed by atoms with van der Waals surface area (Å²) >= 11 is 0. The maximum atomic E-state index is 12.9. The zero-order chi connectivity index (χ0) is 18.6. The summed E-state index contributed by atoms with van der Waals surface area (Å²) in [5.41, 5.74) is 0.436. The Balaban J connectivity index is 1.80. The van der Waals surface area contributed by atoms with Crippen LogP contribution in [0.25, 0.3) is 0 Å². The molecule has 5 heteroatoms. The number of nitrogens with zero attached hydrogens (tertiary/aromatic N) is 1. The summed E-state index contributed by atoms with van der Waals surface area (Å²) in [7, 11) is 0. The third kappa shape index (κ3) is 3.88. The molecule has 138 valence electrons. The molecule has 0 bridgehead atoms. The highest BCUT2D eigenvalue weighted by atomic mass is 16.5. The number of furan rings is 1. The molecule has 1 aromatic heterocycles. The van der Waals surface area contributed by atoms with Gasteiger partial charge in [0.25, 0.3) is 0 Å². The number of benzene rings is 1. The molecule has 5 nitrogen and oxygen atoms in total. The molecule has 0 atom stereocenters. The first-order chi connectivity index (χ1) is 12.5. The summed E-state index contributed by atoms with van der Waals surface area (Å²) in [4.78, 5) is 26.5. The fourth-order valence-corrected chi connectivity index (χ4v) is 3.81. The summed E-state index contributed by atoms with van der Waals surface area (Å²) in [6, 6.07) is 11.3. The molecule has 0 amide bonds. The Kier molecular flexibility index (Phi) is 5.57. The van der Waals surface area contributed by atoms with E-state index in [2.05, 4.69) is 4.90 Å². The fraction of sp³-hybridized carbons (Fsp3) is 0.429. The molecular formula is C21H25NO4. The molecule has 0 saturated carbocycles. The third-order valence-corrected chi connectivity index (χ3v) is 5.17.